The van der Waals surface area contributed by atoms with Gasteiger partial charge in [-0.3, -0.25) is 0 Å². The first kappa shape index (κ1) is 28.5. The number of hydrogen-bond acceptors (Lipinski definition) is 6. The second kappa shape index (κ2) is 12.9. The summed E-state index contributed by atoms with van der Waals surface area (Å²) in [4.78, 5) is 16.9. The number of rotatable bonds is 12. The Bertz CT molecular complexity index is 1030. The topological polar surface area (TPSA) is 48.0 Å². The lowest BCUT2D eigenvalue weighted by molar-refractivity contribution is -0.183. The normalized spacial score (nSPS) is 17.1. The molecule has 1 aliphatic rings. The van der Waals surface area contributed by atoms with E-state index in [-0.39, 0.29) is 23.8 Å². The Morgan fingerprint density at radius 1 is 1.19 bits per heavy atom. The summed E-state index contributed by atoms with van der Waals surface area (Å²) >= 11 is 1.67. The standard InChI is InChI=1S/C29H40FNO4S/c1-20(2)29(34-5,28(32)35-25-9-7-8-22-19-23(30)11-12-24(22)25)15-17-31(3)16-14-21-10-13-27(36-6)26(18-21)33-4/h10-13,18-20,25H,7-9,14-17H2,1-6H3/t25-,29+/m0/s1. The molecule has 7 heteroatoms. The number of nitrogens with zero attached hydrogens (tertiary/aromatic N) is 1. The molecular formula is C29H40FNO4S. The van der Waals surface area contributed by atoms with Gasteiger partial charge in [-0.25, -0.2) is 9.18 Å². The molecule has 2 atom stereocenters. The summed E-state index contributed by atoms with van der Waals surface area (Å²) in [6.07, 6.45) is 5.48. The van der Waals surface area contributed by atoms with Crippen LogP contribution in [-0.2, 0) is 27.1 Å². The zero-order chi connectivity index (χ0) is 26.3. The van der Waals surface area contributed by atoms with Crippen molar-refractivity contribution in [2.75, 3.05) is 40.6 Å². The van der Waals surface area contributed by atoms with Gasteiger partial charge in [-0.05, 0) is 85.9 Å². The first-order chi connectivity index (χ1) is 17.2. The Kier molecular flexibility index (Phi) is 10.2. The van der Waals surface area contributed by atoms with Crippen LogP contribution in [0.25, 0.3) is 0 Å². The van der Waals surface area contributed by atoms with Crippen LogP contribution in [0, 0.1) is 11.7 Å². The molecule has 36 heavy (non-hydrogen) atoms. The van der Waals surface area contributed by atoms with Crippen LogP contribution >= 0.6 is 11.8 Å². The number of halogens is 1. The SMILES string of the molecule is COc1cc(CCN(C)CC[C@](OC)(C(=O)O[C@H]2CCCc3cc(F)ccc32)C(C)C)ccc1SC. The lowest BCUT2D eigenvalue weighted by Gasteiger charge is -2.37. The molecule has 0 bridgehead atoms. The van der Waals surface area contributed by atoms with Gasteiger partial charge in [-0.1, -0.05) is 26.0 Å². The number of benzene rings is 2. The number of esters is 1. The minimum Gasteiger partial charge on any atom is -0.496 e. The predicted octanol–water partition coefficient (Wildman–Crippen LogP) is 6.08. The molecule has 0 N–H and O–H groups in total. The predicted molar refractivity (Wildman–Crippen MR) is 143 cm³/mol. The third-order valence-electron chi connectivity index (χ3n) is 7.35. The summed E-state index contributed by atoms with van der Waals surface area (Å²) in [6.45, 7) is 5.52. The molecule has 1 aliphatic carbocycles. The van der Waals surface area contributed by atoms with Crippen LogP contribution in [0.3, 0.4) is 0 Å². The fourth-order valence-electron chi connectivity index (χ4n) is 4.96. The molecule has 198 valence electrons. The van der Waals surface area contributed by atoms with Crippen molar-refractivity contribution >= 4 is 17.7 Å². The molecule has 0 spiro atoms. The van der Waals surface area contributed by atoms with Gasteiger partial charge < -0.3 is 19.1 Å². The fraction of sp³-hybridized carbons (Fsp3) is 0.552. The average Bonchev–Trinajstić information content (AvgIpc) is 2.87. The van der Waals surface area contributed by atoms with Crippen molar-refractivity contribution in [1.29, 1.82) is 0 Å². The summed E-state index contributed by atoms with van der Waals surface area (Å²) in [7, 11) is 5.35. The molecule has 3 rings (SSSR count). The van der Waals surface area contributed by atoms with E-state index < -0.39 is 5.60 Å². The Labute approximate surface area is 219 Å². The number of carbonyl (C=O) groups is 1. The van der Waals surface area contributed by atoms with E-state index in [9.17, 15) is 9.18 Å². The van der Waals surface area contributed by atoms with Gasteiger partial charge in [0, 0.05) is 31.5 Å². The third kappa shape index (κ3) is 6.61. The molecule has 0 fully saturated rings. The largest absolute Gasteiger partial charge is 0.496 e. The summed E-state index contributed by atoms with van der Waals surface area (Å²) in [5, 5.41) is 0. The number of thioether (sulfide) groups is 1. The summed E-state index contributed by atoms with van der Waals surface area (Å²) in [5.74, 6) is 0.238. The number of methoxy groups -OCH3 is 2. The van der Waals surface area contributed by atoms with Crippen LogP contribution in [0.4, 0.5) is 4.39 Å². The number of likely N-dealkylation sites (N-methyl/N-ethyl adjacent to an activating group) is 1. The quantitative estimate of drug-likeness (QED) is 0.251. The van der Waals surface area contributed by atoms with Crippen molar-refractivity contribution in [1.82, 2.24) is 4.90 Å². The van der Waals surface area contributed by atoms with Gasteiger partial charge in [0.2, 0.25) is 0 Å². The van der Waals surface area contributed by atoms with Gasteiger partial charge in [0.15, 0.2) is 5.60 Å². The smallest absolute Gasteiger partial charge is 0.339 e. The first-order valence-corrected chi connectivity index (χ1v) is 13.9. The molecule has 5 nitrogen and oxygen atoms in total. The molecule has 0 aromatic heterocycles. The minimum atomic E-state index is -1.05. The molecular weight excluding hydrogens is 477 g/mol. The van der Waals surface area contributed by atoms with Crippen molar-refractivity contribution in [2.45, 2.75) is 62.6 Å². The first-order valence-electron chi connectivity index (χ1n) is 12.7. The van der Waals surface area contributed by atoms with E-state index in [1.807, 2.05) is 20.1 Å². The Hall–Kier alpha value is -2.09. The highest BCUT2D eigenvalue weighted by molar-refractivity contribution is 7.98. The highest BCUT2D eigenvalue weighted by Gasteiger charge is 2.44. The monoisotopic (exact) mass is 517 g/mol. The van der Waals surface area contributed by atoms with E-state index >= 15 is 0 Å². The van der Waals surface area contributed by atoms with E-state index in [0.29, 0.717) is 13.0 Å². The van der Waals surface area contributed by atoms with Crippen LogP contribution in [0.15, 0.2) is 41.3 Å². The van der Waals surface area contributed by atoms with Gasteiger partial charge >= 0.3 is 5.97 Å². The molecule has 0 aliphatic heterocycles. The van der Waals surface area contributed by atoms with E-state index in [0.717, 1.165) is 54.0 Å². The highest BCUT2D eigenvalue weighted by atomic mass is 32.2. The van der Waals surface area contributed by atoms with Crippen LogP contribution in [0.2, 0.25) is 0 Å². The maximum Gasteiger partial charge on any atom is 0.339 e. The van der Waals surface area contributed by atoms with E-state index in [1.165, 1.54) is 11.6 Å². The van der Waals surface area contributed by atoms with Crippen molar-refractivity contribution in [2.24, 2.45) is 5.92 Å². The molecule has 2 aromatic rings. The lowest BCUT2D eigenvalue weighted by Crippen LogP contribution is -2.49. The van der Waals surface area contributed by atoms with E-state index in [1.54, 1.807) is 38.1 Å². The van der Waals surface area contributed by atoms with Gasteiger partial charge in [0.05, 0.1) is 7.11 Å². The number of ether oxygens (including phenoxy) is 3. The summed E-state index contributed by atoms with van der Waals surface area (Å²) in [6, 6.07) is 11.1. The fourth-order valence-corrected chi connectivity index (χ4v) is 5.51. The average molecular weight is 518 g/mol. The number of aryl methyl sites for hydroxylation is 1. The van der Waals surface area contributed by atoms with E-state index in [4.69, 9.17) is 14.2 Å². The van der Waals surface area contributed by atoms with Crippen LogP contribution in [-0.4, -0.2) is 57.1 Å². The molecule has 0 heterocycles. The molecule has 0 saturated carbocycles. The van der Waals surface area contributed by atoms with Gasteiger partial charge in [-0.15, -0.1) is 11.8 Å². The highest BCUT2D eigenvalue weighted by Crippen LogP contribution is 2.36. The summed E-state index contributed by atoms with van der Waals surface area (Å²) < 4.78 is 31.2. The van der Waals surface area contributed by atoms with Crippen LogP contribution in [0.5, 0.6) is 5.75 Å². The maximum atomic E-state index is 13.7. The zero-order valence-corrected chi connectivity index (χ0v) is 23.3. The number of carbonyl (C=O) groups excluding carboxylic acids is 1. The Morgan fingerprint density at radius 3 is 2.64 bits per heavy atom. The van der Waals surface area contributed by atoms with Crippen molar-refractivity contribution in [3.63, 3.8) is 0 Å². The van der Waals surface area contributed by atoms with Gasteiger partial charge in [0.1, 0.15) is 17.7 Å². The molecule has 0 amide bonds. The van der Waals surface area contributed by atoms with Gasteiger partial charge in [0.25, 0.3) is 0 Å². The molecule has 0 saturated heterocycles. The molecule has 2 aromatic carbocycles. The zero-order valence-electron chi connectivity index (χ0n) is 22.4. The molecule has 0 radical (unpaired) electrons. The van der Waals surface area contributed by atoms with E-state index in [2.05, 4.69) is 30.1 Å². The maximum absolute atomic E-state index is 13.7. The number of fused-ring (bicyclic) bond motifs is 1. The second-order valence-corrected chi connectivity index (χ2v) is 10.7. The second-order valence-electron chi connectivity index (χ2n) is 9.87. The van der Waals surface area contributed by atoms with Crippen LogP contribution < -0.4 is 4.74 Å². The Morgan fingerprint density at radius 2 is 1.97 bits per heavy atom. The van der Waals surface area contributed by atoms with Crippen molar-refractivity contribution < 1.29 is 23.4 Å². The van der Waals surface area contributed by atoms with Crippen molar-refractivity contribution in [3.8, 4) is 5.75 Å². The Balaban J connectivity index is 1.64. The van der Waals surface area contributed by atoms with Gasteiger partial charge in [-0.2, -0.15) is 0 Å². The van der Waals surface area contributed by atoms with Crippen LogP contribution in [0.1, 0.15) is 55.9 Å². The third-order valence-corrected chi connectivity index (χ3v) is 8.13. The van der Waals surface area contributed by atoms with Crippen molar-refractivity contribution in [3.05, 3.63) is 58.9 Å². The number of hydrogen-bond donors (Lipinski definition) is 0. The lowest BCUT2D eigenvalue weighted by atomic mass is 9.85. The minimum absolute atomic E-state index is 0.0666. The summed E-state index contributed by atoms with van der Waals surface area (Å²) in [5.41, 5.74) is 2.00. The molecule has 0 unspecified atom stereocenters.